The minimum atomic E-state index is -0.0832. The Labute approximate surface area is 204 Å². The highest BCUT2D eigenvalue weighted by Gasteiger charge is 2.27. The lowest BCUT2D eigenvalue weighted by Gasteiger charge is -2.36. The molecule has 0 bridgehead atoms. The smallest absolute Gasteiger partial charge is 0.308 e. The summed E-state index contributed by atoms with van der Waals surface area (Å²) in [7, 11) is 3.30. The molecule has 2 saturated heterocycles. The molecule has 3 rings (SSSR count). The number of hydrogen-bond donors (Lipinski definition) is 1. The molecule has 1 aromatic carbocycles. The van der Waals surface area contributed by atoms with Crippen LogP contribution in [0.4, 0.5) is 5.69 Å². The molecule has 0 saturated carbocycles. The lowest BCUT2D eigenvalue weighted by atomic mass is 9.97. The van der Waals surface area contributed by atoms with Crippen molar-refractivity contribution in [3.8, 4) is 0 Å². The average molecular weight is 543 g/mol. The second-order valence-electron chi connectivity index (χ2n) is 8.28. The van der Waals surface area contributed by atoms with Gasteiger partial charge in [-0.3, -0.25) is 14.7 Å². The largest absolute Gasteiger partial charge is 0.469 e. The molecule has 2 aliphatic heterocycles. The van der Waals surface area contributed by atoms with E-state index in [1.807, 2.05) is 7.05 Å². The molecule has 2 fully saturated rings. The van der Waals surface area contributed by atoms with Crippen LogP contribution in [-0.4, -0.2) is 88.2 Å². The normalized spacial score (nSPS) is 18.5. The summed E-state index contributed by atoms with van der Waals surface area (Å²) in [5.41, 5.74) is 2.67. The molecule has 2 aliphatic rings. The summed E-state index contributed by atoms with van der Waals surface area (Å²) >= 11 is 0. The Hall–Kier alpha value is -1.55. The molecule has 0 aromatic heterocycles. The second-order valence-corrected chi connectivity index (χ2v) is 8.28. The third-order valence-electron chi connectivity index (χ3n) is 6.21. The number of guanidine groups is 1. The number of esters is 1. The van der Waals surface area contributed by atoms with Crippen LogP contribution in [0, 0.1) is 12.8 Å². The number of carbonyl (C=O) groups is 1. The zero-order chi connectivity index (χ0) is 21.3. The standard InChI is InChI=1S/C23H37N5O2.HI/c1-19-6-4-7-21(18-19)27-16-14-26(15-17-27)11-5-10-25-23(24-2)28-12-8-20(9-13-28)22(29)30-3;/h4,6-7,18,20H,5,8-17H2,1-3H3,(H,24,25);1H. The molecular formula is C23H38IN5O2. The van der Waals surface area contributed by atoms with Crippen molar-refractivity contribution in [3.63, 3.8) is 0 Å². The fourth-order valence-corrected chi connectivity index (χ4v) is 4.38. The van der Waals surface area contributed by atoms with E-state index in [9.17, 15) is 4.79 Å². The summed E-state index contributed by atoms with van der Waals surface area (Å²) in [6.07, 6.45) is 2.76. The molecule has 0 radical (unpaired) electrons. The molecule has 0 amide bonds. The van der Waals surface area contributed by atoms with Gasteiger partial charge in [0, 0.05) is 58.5 Å². The maximum absolute atomic E-state index is 11.7. The number of piperidine rings is 1. The Morgan fingerprint density at radius 3 is 2.48 bits per heavy atom. The fourth-order valence-electron chi connectivity index (χ4n) is 4.38. The van der Waals surface area contributed by atoms with E-state index < -0.39 is 0 Å². The number of piperazine rings is 1. The van der Waals surface area contributed by atoms with Gasteiger partial charge in [-0.05, 0) is 50.4 Å². The fraction of sp³-hybridized carbons (Fsp3) is 0.652. The number of hydrogen-bond acceptors (Lipinski definition) is 5. The van der Waals surface area contributed by atoms with Crippen LogP contribution in [0.1, 0.15) is 24.8 Å². The maximum Gasteiger partial charge on any atom is 0.308 e. The van der Waals surface area contributed by atoms with E-state index in [1.165, 1.54) is 18.4 Å². The Morgan fingerprint density at radius 2 is 1.87 bits per heavy atom. The van der Waals surface area contributed by atoms with Crippen LogP contribution in [0.15, 0.2) is 29.3 Å². The number of ether oxygens (including phenoxy) is 1. The lowest BCUT2D eigenvalue weighted by molar-refractivity contribution is -0.146. The highest BCUT2D eigenvalue weighted by Crippen LogP contribution is 2.19. The van der Waals surface area contributed by atoms with Crippen LogP contribution in [0.5, 0.6) is 0 Å². The van der Waals surface area contributed by atoms with E-state index in [-0.39, 0.29) is 35.9 Å². The molecule has 8 heteroatoms. The zero-order valence-electron chi connectivity index (χ0n) is 19.2. The van der Waals surface area contributed by atoms with Crippen LogP contribution in [0.25, 0.3) is 0 Å². The van der Waals surface area contributed by atoms with Crippen molar-refractivity contribution < 1.29 is 9.53 Å². The summed E-state index contributed by atoms with van der Waals surface area (Å²) in [5.74, 6) is 0.894. The number of benzene rings is 1. The molecule has 1 N–H and O–H groups in total. The number of carbonyl (C=O) groups excluding carboxylic acids is 1. The van der Waals surface area contributed by atoms with E-state index in [4.69, 9.17) is 4.74 Å². The van der Waals surface area contributed by atoms with Crippen molar-refractivity contribution in [2.45, 2.75) is 26.2 Å². The lowest BCUT2D eigenvalue weighted by Crippen LogP contribution is -2.48. The van der Waals surface area contributed by atoms with E-state index >= 15 is 0 Å². The highest BCUT2D eigenvalue weighted by atomic mass is 127. The predicted octanol–water partition coefficient (Wildman–Crippen LogP) is 2.59. The van der Waals surface area contributed by atoms with Crippen LogP contribution in [0.3, 0.4) is 0 Å². The van der Waals surface area contributed by atoms with E-state index in [0.29, 0.717) is 0 Å². The summed E-state index contributed by atoms with van der Waals surface area (Å²) in [5, 5.41) is 3.50. The number of rotatable bonds is 6. The third kappa shape index (κ3) is 7.52. The van der Waals surface area contributed by atoms with Gasteiger partial charge in [-0.25, -0.2) is 0 Å². The first-order chi connectivity index (χ1) is 14.6. The summed E-state index contributed by atoms with van der Waals surface area (Å²) in [6, 6.07) is 8.79. The van der Waals surface area contributed by atoms with Crippen molar-refractivity contribution >= 4 is 41.6 Å². The van der Waals surface area contributed by atoms with Gasteiger partial charge in [0.25, 0.3) is 0 Å². The van der Waals surface area contributed by atoms with Crippen molar-refractivity contribution in [1.82, 2.24) is 15.1 Å². The number of aryl methyl sites for hydroxylation is 1. The molecule has 31 heavy (non-hydrogen) atoms. The van der Waals surface area contributed by atoms with E-state index in [2.05, 4.69) is 56.2 Å². The predicted molar refractivity (Wildman–Crippen MR) is 138 cm³/mol. The molecule has 174 valence electrons. The van der Waals surface area contributed by atoms with Gasteiger partial charge in [-0.15, -0.1) is 24.0 Å². The molecule has 0 aliphatic carbocycles. The van der Waals surface area contributed by atoms with Crippen molar-refractivity contribution in [2.75, 3.05) is 71.4 Å². The van der Waals surface area contributed by atoms with Crippen molar-refractivity contribution in [1.29, 1.82) is 0 Å². The van der Waals surface area contributed by atoms with Gasteiger partial charge in [0.2, 0.25) is 0 Å². The van der Waals surface area contributed by atoms with Crippen molar-refractivity contribution in [2.24, 2.45) is 10.9 Å². The Kier molecular flexibility index (Phi) is 10.9. The molecule has 2 heterocycles. The van der Waals surface area contributed by atoms with Gasteiger partial charge >= 0.3 is 5.97 Å². The number of aliphatic imine (C=N–C) groups is 1. The number of anilines is 1. The quantitative estimate of drug-likeness (QED) is 0.196. The third-order valence-corrected chi connectivity index (χ3v) is 6.21. The molecule has 7 nitrogen and oxygen atoms in total. The summed E-state index contributed by atoms with van der Waals surface area (Å²) in [6.45, 7) is 10.3. The first-order valence-corrected chi connectivity index (χ1v) is 11.2. The Balaban J connectivity index is 0.00000341. The van der Waals surface area contributed by atoms with E-state index in [0.717, 1.165) is 77.6 Å². The van der Waals surface area contributed by atoms with Gasteiger partial charge < -0.3 is 19.9 Å². The Morgan fingerprint density at radius 1 is 1.16 bits per heavy atom. The van der Waals surface area contributed by atoms with Crippen molar-refractivity contribution in [3.05, 3.63) is 29.8 Å². The van der Waals surface area contributed by atoms with Crippen LogP contribution in [0.2, 0.25) is 0 Å². The molecule has 0 spiro atoms. The molecule has 0 atom stereocenters. The molecule has 0 unspecified atom stereocenters. The van der Waals surface area contributed by atoms with Crippen LogP contribution in [-0.2, 0) is 9.53 Å². The Bertz CT molecular complexity index is 714. The van der Waals surface area contributed by atoms with Crippen LogP contribution < -0.4 is 10.2 Å². The summed E-state index contributed by atoms with van der Waals surface area (Å²) < 4.78 is 4.87. The average Bonchev–Trinajstić information content (AvgIpc) is 2.79. The van der Waals surface area contributed by atoms with Gasteiger partial charge in [-0.1, -0.05) is 12.1 Å². The first-order valence-electron chi connectivity index (χ1n) is 11.2. The minimum Gasteiger partial charge on any atom is -0.469 e. The number of nitrogens with one attached hydrogen (secondary N) is 1. The SMILES string of the molecule is CN=C(NCCCN1CCN(c2cccc(C)c2)CC1)N1CCC(C(=O)OC)CC1.I. The molecular weight excluding hydrogens is 505 g/mol. The van der Waals surface area contributed by atoms with Gasteiger partial charge in [0.15, 0.2) is 5.96 Å². The maximum atomic E-state index is 11.7. The molecule has 1 aromatic rings. The zero-order valence-corrected chi connectivity index (χ0v) is 21.5. The topological polar surface area (TPSA) is 60.4 Å². The monoisotopic (exact) mass is 543 g/mol. The highest BCUT2D eigenvalue weighted by molar-refractivity contribution is 14.0. The van der Waals surface area contributed by atoms with Gasteiger partial charge in [0.05, 0.1) is 13.0 Å². The number of halogens is 1. The summed E-state index contributed by atoms with van der Waals surface area (Å²) in [4.78, 5) is 23.4. The number of methoxy groups -OCH3 is 1. The second kappa shape index (κ2) is 13.1. The van der Waals surface area contributed by atoms with Gasteiger partial charge in [-0.2, -0.15) is 0 Å². The first kappa shape index (κ1) is 25.7. The van der Waals surface area contributed by atoms with Crippen LogP contribution >= 0.6 is 24.0 Å². The van der Waals surface area contributed by atoms with Gasteiger partial charge in [0.1, 0.15) is 0 Å². The number of likely N-dealkylation sites (tertiary alicyclic amines) is 1. The minimum absolute atomic E-state index is 0. The number of nitrogens with zero attached hydrogens (tertiary/aromatic N) is 4. The van der Waals surface area contributed by atoms with E-state index in [1.54, 1.807) is 0 Å².